The third-order valence-electron chi connectivity index (χ3n) is 6.28. The molecule has 0 spiro atoms. The van der Waals surface area contributed by atoms with Crippen molar-refractivity contribution in [3.63, 3.8) is 0 Å². The Labute approximate surface area is 180 Å². The molecule has 0 unspecified atom stereocenters. The van der Waals surface area contributed by atoms with E-state index < -0.39 is 5.60 Å². The lowest BCUT2D eigenvalue weighted by Gasteiger charge is -2.32. The van der Waals surface area contributed by atoms with Gasteiger partial charge in [-0.05, 0) is 51.0 Å². The topological polar surface area (TPSA) is 120 Å². The van der Waals surface area contributed by atoms with Gasteiger partial charge >= 0.3 is 5.95 Å². The van der Waals surface area contributed by atoms with Gasteiger partial charge in [-0.2, -0.15) is 4.98 Å². The number of aromatic hydroxyl groups is 1. The molecule has 31 heavy (non-hydrogen) atoms. The average molecular weight is 419 g/mol. The van der Waals surface area contributed by atoms with E-state index in [0.717, 1.165) is 42.7 Å². The van der Waals surface area contributed by atoms with Crippen molar-refractivity contribution in [2.75, 3.05) is 5.73 Å². The summed E-state index contributed by atoms with van der Waals surface area (Å²) in [6, 6.07) is 10.2. The minimum atomic E-state index is -0.628. The molecule has 0 radical (unpaired) electrons. The Bertz CT molecular complexity index is 1130. The third-order valence-corrected chi connectivity index (χ3v) is 6.28. The molecule has 3 N–H and O–H groups in total. The van der Waals surface area contributed by atoms with E-state index >= 15 is 0 Å². The molecule has 8 heteroatoms. The lowest BCUT2D eigenvalue weighted by molar-refractivity contribution is 0.171. The van der Waals surface area contributed by atoms with Crippen LogP contribution < -0.4 is 10.5 Å². The van der Waals surface area contributed by atoms with Crippen molar-refractivity contribution < 1.29 is 14.4 Å². The Kier molecular flexibility index (Phi) is 4.64. The summed E-state index contributed by atoms with van der Waals surface area (Å²) in [5.74, 6) is 1.47. The summed E-state index contributed by atoms with van der Waals surface area (Å²) in [5.41, 5.74) is 9.82. The second kappa shape index (κ2) is 7.37. The second-order valence-electron chi connectivity index (χ2n) is 8.75. The number of hydrogen-bond acceptors (Lipinski definition) is 8. The average Bonchev–Trinajstić information content (AvgIpc) is 3.20. The van der Waals surface area contributed by atoms with Crippen molar-refractivity contribution in [1.29, 1.82) is 0 Å². The SMILES string of the molecule is CC1(C)Oc2ncnc(N)c2N=C1c1ccc(C2CCC(c3cc(O)on3)CC2)cc1. The number of aliphatic imine (C=N–C) groups is 1. The molecular weight excluding hydrogens is 394 g/mol. The highest BCUT2D eigenvalue weighted by Crippen LogP contribution is 2.42. The van der Waals surface area contributed by atoms with Crippen molar-refractivity contribution in [2.24, 2.45) is 4.99 Å². The van der Waals surface area contributed by atoms with E-state index in [9.17, 15) is 5.11 Å². The van der Waals surface area contributed by atoms with E-state index in [1.54, 1.807) is 6.07 Å². The zero-order chi connectivity index (χ0) is 21.6. The predicted octanol–water partition coefficient (Wildman–Crippen LogP) is 4.49. The van der Waals surface area contributed by atoms with Crippen molar-refractivity contribution in [2.45, 2.75) is 57.0 Å². The summed E-state index contributed by atoms with van der Waals surface area (Å²) in [6.07, 6.45) is 5.60. The molecule has 5 rings (SSSR count). The summed E-state index contributed by atoms with van der Waals surface area (Å²) < 4.78 is 10.9. The molecule has 0 saturated heterocycles. The van der Waals surface area contributed by atoms with Crippen LogP contribution in [0, 0.1) is 0 Å². The lowest BCUT2D eigenvalue weighted by atomic mass is 9.77. The number of aromatic nitrogens is 3. The molecule has 1 fully saturated rings. The normalized spacial score (nSPS) is 22.3. The van der Waals surface area contributed by atoms with Gasteiger partial charge in [0.15, 0.2) is 11.5 Å². The van der Waals surface area contributed by atoms with Gasteiger partial charge < -0.3 is 20.1 Å². The first-order chi connectivity index (χ1) is 14.9. The van der Waals surface area contributed by atoms with E-state index in [0.29, 0.717) is 29.2 Å². The highest BCUT2D eigenvalue weighted by molar-refractivity contribution is 6.09. The number of benzene rings is 1. The first-order valence-corrected chi connectivity index (χ1v) is 10.6. The van der Waals surface area contributed by atoms with Gasteiger partial charge in [0.1, 0.15) is 11.9 Å². The van der Waals surface area contributed by atoms with Gasteiger partial charge in [0.2, 0.25) is 5.88 Å². The van der Waals surface area contributed by atoms with Crippen molar-refractivity contribution in [3.8, 4) is 11.8 Å². The summed E-state index contributed by atoms with van der Waals surface area (Å²) in [5, 5.41) is 13.4. The molecule has 1 aliphatic carbocycles. The maximum absolute atomic E-state index is 9.39. The Morgan fingerprint density at radius 3 is 2.42 bits per heavy atom. The number of nitrogen functional groups attached to an aromatic ring is 1. The van der Waals surface area contributed by atoms with E-state index in [2.05, 4.69) is 39.4 Å². The number of rotatable bonds is 3. The molecule has 1 saturated carbocycles. The summed E-state index contributed by atoms with van der Waals surface area (Å²) in [4.78, 5) is 13.0. The lowest BCUT2D eigenvalue weighted by Crippen LogP contribution is -2.41. The maximum Gasteiger partial charge on any atom is 0.308 e. The minimum Gasteiger partial charge on any atom is -0.479 e. The fourth-order valence-electron chi connectivity index (χ4n) is 4.61. The fraction of sp³-hybridized carbons (Fsp3) is 0.391. The fourth-order valence-corrected chi connectivity index (χ4v) is 4.61. The Hall–Kier alpha value is -3.42. The zero-order valence-electron chi connectivity index (χ0n) is 17.6. The monoisotopic (exact) mass is 419 g/mol. The zero-order valence-corrected chi connectivity index (χ0v) is 17.6. The van der Waals surface area contributed by atoms with Crippen LogP contribution in [0.5, 0.6) is 11.8 Å². The highest BCUT2D eigenvalue weighted by atomic mass is 16.5. The van der Waals surface area contributed by atoms with E-state index in [1.165, 1.54) is 11.9 Å². The summed E-state index contributed by atoms with van der Waals surface area (Å²) in [6.45, 7) is 3.95. The summed E-state index contributed by atoms with van der Waals surface area (Å²) in [7, 11) is 0. The smallest absolute Gasteiger partial charge is 0.308 e. The Morgan fingerprint density at radius 2 is 1.74 bits per heavy atom. The molecule has 8 nitrogen and oxygen atoms in total. The molecule has 2 aromatic heterocycles. The predicted molar refractivity (Wildman–Crippen MR) is 116 cm³/mol. The van der Waals surface area contributed by atoms with Crippen LogP contribution >= 0.6 is 0 Å². The molecular formula is C23H25N5O3. The van der Waals surface area contributed by atoms with Gasteiger partial charge in [-0.1, -0.05) is 29.4 Å². The second-order valence-corrected chi connectivity index (χ2v) is 8.75. The van der Waals surface area contributed by atoms with Gasteiger partial charge in [-0.25, -0.2) is 9.98 Å². The highest BCUT2D eigenvalue weighted by Gasteiger charge is 2.35. The molecule has 1 aromatic carbocycles. The molecule has 0 bridgehead atoms. The van der Waals surface area contributed by atoms with Gasteiger partial charge in [-0.3, -0.25) is 0 Å². The molecule has 2 aliphatic rings. The van der Waals surface area contributed by atoms with Crippen LogP contribution in [0.2, 0.25) is 0 Å². The van der Waals surface area contributed by atoms with Crippen LogP contribution in [0.25, 0.3) is 0 Å². The first-order valence-electron chi connectivity index (χ1n) is 10.6. The number of ether oxygens (including phenoxy) is 1. The number of anilines is 1. The number of nitrogens with zero attached hydrogens (tertiary/aromatic N) is 4. The van der Waals surface area contributed by atoms with Crippen LogP contribution in [0.3, 0.4) is 0 Å². The van der Waals surface area contributed by atoms with Crippen molar-refractivity contribution >= 4 is 17.2 Å². The maximum atomic E-state index is 9.39. The molecule has 0 amide bonds. The minimum absolute atomic E-state index is 0.110. The Balaban J connectivity index is 1.34. The van der Waals surface area contributed by atoms with E-state index in [-0.39, 0.29) is 5.95 Å². The third kappa shape index (κ3) is 3.62. The molecule has 3 aromatic rings. The number of fused-ring (bicyclic) bond motifs is 1. The van der Waals surface area contributed by atoms with Crippen LogP contribution in [0.1, 0.15) is 68.2 Å². The molecule has 160 valence electrons. The van der Waals surface area contributed by atoms with Gasteiger partial charge in [0.25, 0.3) is 0 Å². The number of nitrogens with two attached hydrogens (primary N) is 1. The van der Waals surface area contributed by atoms with E-state index in [1.807, 2.05) is 13.8 Å². The largest absolute Gasteiger partial charge is 0.479 e. The van der Waals surface area contributed by atoms with Crippen LogP contribution in [0.15, 0.2) is 46.2 Å². The number of hydrogen-bond donors (Lipinski definition) is 2. The molecule has 0 atom stereocenters. The van der Waals surface area contributed by atoms with Gasteiger partial charge in [0.05, 0.1) is 11.4 Å². The van der Waals surface area contributed by atoms with Crippen molar-refractivity contribution in [1.82, 2.24) is 15.1 Å². The van der Waals surface area contributed by atoms with E-state index in [4.69, 9.17) is 20.0 Å². The van der Waals surface area contributed by atoms with Gasteiger partial charge in [0, 0.05) is 17.5 Å². The van der Waals surface area contributed by atoms with Crippen LogP contribution in [-0.4, -0.2) is 31.5 Å². The van der Waals surface area contributed by atoms with Crippen molar-refractivity contribution in [3.05, 3.63) is 53.5 Å². The first kappa shape index (κ1) is 19.5. The standard InChI is InChI=1S/C23H25N5O3/c1-23(2)20(27-19-21(24)25-12-26-22(19)30-23)16-9-5-14(6-10-16)13-3-7-15(8-4-13)17-11-18(29)31-28-17/h5-6,9-13,15,29H,3-4,7-8H2,1-2H3,(H2,24,25,26). The van der Waals surface area contributed by atoms with Gasteiger partial charge in [-0.15, -0.1) is 0 Å². The quantitative estimate of drug-likeness (QED) is 0.642. The summed E-state index contributed by atoms with van der Waals surface area (Å²) >= 11 is 0. The molecule has 1 aliphatic heterocycles. The molecule has 3 heterocycles. The van der Waals surface area contributed by atoms with Crippen LogP contribution in [-0.2, 0) is 0 Å². The van der Waals surface area contributed by atoms with Crippen LogP contribution in [0.4, 0.5) is 11.5 Å². The Morgan fingerprint density at radius 1 is 1.03 bits per heavy atom.